The van der Waals surface area contributed by atoms with E-state index in [1.54, 1.807) is 23.1 Å². The molecule has 142 valence electrons. The van der Waals surface area contributed by atoms with Gasteiger partial charge in [0.25, 0.3) is 5.91 Å². The maximum atomic E-state index is 12.6. The summed E-state index contributed by atoms with van der Waals surface area (Å²) in [4.78, 5) is 26.5. The van der Waals surface area contributed by atoms with Gasteiger partial charge in [0, 0.05) is 24.7 Å². The van der Waals surface area contributed by atoms with Gasteiger partial charge in [0.05, 0.1) is 0 Å². The van der Waals surface area contributed by atoms with Gasteiger partial charge in [0.2, 0.25) is 0 Å². The van der Waals surface area contributed by atoms with Gasteiger partial charge in [-0.1, -0.05) is 0 Å². The number of nitrogens with zero attached hydrogens (tertiary/aromatic N) is 1. The highest BCUT2D eigenvalue weighted by atomic mass is 16.6. The molecule has 2 aliphatic heterocycles. The second kappa shape index (κ2) is 7.43. The molecule has 0 spiro atoms. The molecule has 2 heterocycles. The predicted octanol–water partition coefficient (Wildman–Crippen LogP) is 2.59. The van der Waals surface area contributed by atoms with E-state index in [4.69, 9.17) is 14.2 Å². The van der Waals surface area contributed by atoms with Crippen LogP contribution in [0.15, 0.2) is 18.2 Å². The van der Waals surface area contributed by atoms with E-state index in [9.17, 15) is 9.59 Å². The SMILES string of the molecule is CC(C)(C)OC(=O)N1CCC[C@@H](NC(=O)c2ccc3c(c2)OCCO3)C1. The Kier molecular flexibility index (Phi) is 5.25. The maximum Gasteiger partial charge on any atom is 0.410 e. The van der Waals surface area contributed by atoms with E-state index < -0.39 is 5.60 Å². The highest BCUT2D eigenvalue weighted by Gasteiger charge is 2.28. The Morgan fingerprint density at radius 1 is 1.19 bits per heavy atom. The minimum atomic E-state index is -0.529. The van der Waals surface area contributed by atoms with Gasteiger partial charge < -0.3 is 24.4 Å². The zero-order valence-corrected chi connectivity index (χ0v) is 15.5. The molecular formula is C19H26N2O5. The van der Waals surface area contributed by atoms with Crippen LogP contribution in [-0.4, -0.2) is 54.8 Å². The number of likely N-dealkylation sites (tertiary alicyclic amines) is 1. The Hall–Kier alpha value is -2.44. The van der Waals surface area contributed by atoms with Crippen LogP contribution in [0.3, 0.4) is 0 Å². The van der Waals surface area contributed by atoms with Crippen molar-refractivity contribution < 1.29 is 23.8 Å². The number of fused-ring (bicyclic) bond motifs is 1. The van der Waals surface area contributed by atoms with Gasteiger partial charge in [0.15, 0.2) is 11.5 Å². The lowest BCUT2D eigenvalue weighted by Crippen LogP contribution is -2.50. The van der Waals surface area contributed by atoms with Gasteiger partial charge in [-0.15, -0.1) is 0 Å². The summed E-state index contributed by atoms with van der Waals surface area (Å²) in [6.07, 6.45) is 1.32. The molecule has 1 atom stereocenters. The van der Waals surface area contributed by atoms with E-state index in [-0.39, 0.29) is 18.0 Å². The zero-order valence-electron chi connectivity index (χ0n) is 15.5. The second-order valence-corrected chi connectivity index (χ2v) is 7.60. The van der Waals surface area contributed by atoms with E-state index >= 15 is 0 Å². The standard InChI is InChI=1S/C19H26N2O5/c1-19(2,3)26-18(23)21-8-4-5-14(12-21)20-17(22)13-6-7-15-16(11-13)25-10-9-24-15/h6-7,11,14H,4-5,8-10,12H2,1-3H3,(H,20,22)/t14-/m1/s1. The Bertz CT molecular complexity index is 683. The lowest BCUT2D eigenvalue weighted by Gasteiger charge is -2.34. The monoisotopic (exact) mass is 362 g/mol. The van der Waals surface area contributed by atoms with Crippen molar-refractivity contribution in [1.82, 2.24) is 10.2 Å². The molecule has 0 radical (unpaired) electrons. The van der Waals surface area contributed by atoms with Crippen LogP contribution in [0.1, 0.15) is 44.0 Å². The van der Waals surface area contributed by atoms with E-state index in [1.807, 2.05) is 20.8 Å². The number of hydrogen-bond donors (Lipinski definition) is 1. The largest absolute Gasteiger partial charge is 0.486 e. The Labute approximate surface area is 153 Å². The summed E-state index contributed by atoms with van der Waals surface area (Å²) in [5, 5.41) is 3.00. The number of piperidine rings is 1. The van der Waals surface area contributed by atoms with Crippen molar-refractivity contribution in [1.29, 1.82) is 0 Å². The van der Waals surface area contributed by atoms with Crippen molar-refractivity contribution >= 4 is 12.0 Å². The molecule has 2 aliphatic rings. The van der Waals surface area contributed by atoms with Crippen LogP contribution in [-0.2, 0) is 4.74 Å². The zero-order chi connectivity index (χ0) is 18.7. The molecule has 0 bridgehead atoms. The molecule has 1 aromatic rings. The Morgan fingerprint density at radius 2 is 1.92 bits per heavy atom. The third-order valence-corrected chi connectivity index (χ3v) is 4.21. The summed E-state index contributed by atoms with van der Waals surface area (Å²) >= 11 is 0. The number of amides is 2. The van der Waals surface area contributed by atoms with E-state index in [2.05, 4.69) is 5.32 Å². The Morgan fingerprint density at radius 3 is 2.65 bits per heavy atom. The summed E-state index contributed by atoms with van der Waals surface area (Å²) in [5.74, 6) is 1.06. The average molecular weight is 362 g/mol. The fraction of sp³-hybridized carbons (Fsp3) is 0.579. The van der Waals surface area contributed by atoms with Gasteiger partial charge in [-0.3, -0.25) is 4.79 Å². The minimum Gasteiger partial charge on any atom is -0.486 e. The quantitative estimate of drug-likeness (QED) is 0.875. The van der Waals surface area contributed by atoms with Gasteiger partial charge >= 0.3 is 6.09 Å². The fourth-order valence-electron chi connectivity index (χ4n) is 3.04. The summed E-state index contributed by atoms with van der Waals surface area (Å²) in [6, 6.07) is 5.06. The molecule has 0 aliphatic carbocycles. The number of benzene rings is 1. The molecule has 0 saturated carbocycles. The number of carbonyl (C=O) groups is 2. The van der Waals surface area contributed by atoms with Crippen LogP contribution in [0, 0.1) is 0 Å². The third kappa shape index (κ3) is 4.59. The van der Waals surface area contributed by atoms with Crippen molar-refractivity contribution in [3.05, 3.63) is 23.8 Å². The number of hydrogen-bond acceptors (Lipinski definition) is 5. The summed E-state index contributed by atoms with van der Waals surface area (Å²) < 4.78 is 16.4. The van der Waals surface area contributed by atoms with E-state index in [1.165, 1.54) is 0 Å². The van der Waals surface area contributed by atoms with Gasteiger partial charge in [-0.2, -0.15) is 0 Å². The predicted molar refractivity (Wildman–Crippen MR) is 95.7 cm³/mol. The van der Waals surface area contributed by atoms with Crippen LogP contribution >= 0.6 is 0 Å². The first-order chi connectivity index (χ1) is 12.3. The van der Waals surface area contributed by atoms with Gasteiger partial charge in [-0.05, 0) is 51.8 Å². The summed E-state index contributed by atoms with van der Waals surface area (Å²) in [6.45, 7) is 7.62. The molecule has 3 rings (SSSR count). The number of rotatable bonds is 2. The lowest BCUT2D eigenvalue weighted by atomic mass is 10.1. The van der Waals surface area contributed by atoms with Crippen molar-refractivity contribution in [2.45, 2.75) is 45.3 Å². The van der Waals surface area contributed by atoms with Crippen LogP contribution < -0.4 is 14.8 Å². The van der Waals surface area contributed by atoms with Crippen molar-refractivity contribution in [2.75, 3.05) is 26.3 Å². The topological polar surface area (TPSA) is 77.1 Å². The minimum absolute atomic E-state index is 0.100. The van der Waals surface area contributed by atoms with Gasteiger partial charge in [-0.25, -0.2) is 4.79 Å². The second-order valence-electron chi connectivity index (χ2n) is 7.60. The van der Waals surface area contributed by atoms with E-state index in [0.717, 1.165) is 12.8 Å². The highest BCUT2D eigenvalue weighted by molar-refractivity contribution is 5.95. The first kappa shape index (κ1) is 18.4. The Balaban J connectivity index is 1.59. The summed E-state index contributed by atoms with van der Waals surface area (Å²) in [5.41, 5.74) is -0.0120. The molecule has 1 fully saturated rings. The molecule has 1 aromatic carbocycles. The van der Waals surface area contributed by atoms with Crippen molar-refractivity contribution in [3.8, 4) is 11.5 Å². The third-order valence-electron chi connectivity index (χ3n) is 4.21. The summed E-state index contributed by atoms with van der Waals surface area (Å²) in [7, 11) is 0. The van der Waals surface area contributed by atoms with Crippen LogP contribution in [0.2, 0.25) is 0 Å². The average Bonchev–Trinajstić information content (AvgIpc) is 2.60. The smallest absolute Gasteiger partial charge is 0.410 e. The molecule has 7 nitrogen and oxygen atoms in total. The normalized spacial score (nSPS) is 19.7. The van der Waals surface area contributed by atoms with E-state index in [0.29, 0.717) is 43.4 Å². The van der Waals surface area contributed by atoms with Gasteiger partial charge in [0.1, 0.15) is 18.8 Å². The molecule has 2 amide bonds. The van der Waals surface area contributed by atoms with Crippen LogP contribution in [0.25, 0.3) is 0 Å². The maximum absolute atomic E-state index is 12.6. The first-order valence-electron chi connectivity index (χ1n) is 9.00. The molecule has 0 aromatic heterocycles. The van der Waals surface area contributed by atoms with Crippen molar-refractivity contribution in [2.24, 2.45) is 0 Å². The number of carbonyl (C=O) groups excluding carboxylic acids is 2. The molecule has 7 heteroatoms. The number of nitrogens with one attached hydrogen (secondary N) is 1. The van der Waals surface area contributed by atoms with Crippen molar-refractivity contribution in [3.63, 3.8) is 0 Å². The molecule has 26 heavy (non-hydrogen) atoms. The van der Waals surface area contributed by atoms with Crippen LogP contribution in [0.4, 0.5) is 4.79 Å². The highest BCUT2D eigenvalue weighted by Crippen LogP contribution is 2.30. The van der Waals surface area contributed by atoms with Crippen LogP contribution in [0.5, 0.6) is 11.5 Å². The molecular weight excluding hydrogens is 336 g/mol. The molecule has 1 saturated heterocycles. The lowest BCUT2D eigenvalue weighted by molar-refractivity contribution is 0.0185. The number of ether oxygens (including phenoxy) is 3. The fourth-order valence-corrected chi connectivity index (χ4v) is 3.04. The first-order valence-corrected chi connectivity index (χ1v) is 9.00. The molecule has 0 unspecified atom stereocenters. The molecule has 1 N–H and O–H groups in total.